The molecule has 0 aliphatic heterocycles. The minimum absolute atomic E-state index is 0.183. The van der Waals surface area contributed by atoms with E-state index in [1.165, 1.54) is 18.1 Å². The molecule has 1 heteroatoms. The monoisotopic (exact) mass is 320 g/mol. The fourth-order valence-electron chi connectivity index (χ4n) is 3.04. The van der Waals surface area contributed by atoms with Crippen molar-refractivity contribution in [2.24, 2.45) is 12.9 Å². The summed E-state index contributed by atoms with van der Waals surface area (Å²) in [4.78, 5) is 0. The largest absolute Gasteiger partial charge is 0.213 e. The summed E-state index contributed by atoms with van der Waals surface area (Å²) in [5, 5.41) is 0. The van der Waals surface area contributed by atoms with E-state index in [0.717, 1.165) is 22.4 Å². The second-order valence-electron chi connectivity index (χ2n) is 6.38. The lowest BCUT2D eigenvalue weighted by Gasteiger charge is -2.09. The van der Waals surface area contributed by atoms with Crippen molar-refractivity contribution in [2.45, 2.75) is 27.1 Å². The molecular weight excluding hydrogens is 290 g/mol. The molecule has 24 heavy (non-hydrogen) atoms. The van der Waals surface area contributed by atoms with Crippen molar-refractivity contribution >= 4 is 0 Å². The molecule has 0 radical (unpaired) electrons. The molecular formula is C23H26N+. The van der Waals surface area contributed by atoms with Crippen LogP contribution < -0.4 is 4.57 Å². The SMILES string of the molecule is [2H]C([2H])([2H])C([2H])(C)Cc1cccc(-c2cc[n+](C)c(-c3ccccc3C)c2)c1. The summed E-state index contributed by atoms with van der Waals surface area (Å²) in [6.45, 7) is 1.26. The maximum Gasteiger partial charge on any atom is 0.213 e. The maximum atomic E-state index is 8.22. The normalized spacial score (nSPS) is 16.5. The molecule has 122 valence electrons. The molecule has 0 saturated heterocycles. The summed E-state index contributed by atoms with van der Waals surface area (Å²) in [6.07, 6.45) is 2.23. The molecule has 2 aromatic carbocycles. The number of rotatable bonds is 4. The highest BCUT2D eigenvalue weighted by Crippen LogP contribution is 2.26. The third-order valence-corrected chi connectivity index (χ3v) is 4.30. The Bertz CT molecular complexity index is 990. The first-order valence-electron chi connectivity index (χ1n) is 10.2. The van der Waals surface area contributed by atoms with Gasteiger partial charge in [0.1, 0.15) is 7.05 Å². The van der Waals surface area contributed by atoms with Crippen LogP contribution in [0.1, 0.15) is 30.4 Å². The first-order valence-corrected chi connectivity index (χ1v) is 8.23. The summed E-state index contributed by atoms with van der Waals surface area (Å²) >= 11 is 0. The third-order valence-electron chi connectivity index (χ3n) is 4.30. The van der Waals surface area contributed by atoms with Gasteiger partial charge in [-0.15, -0.1) is 0 Å². The Morgan fingerprint density at radius 1 is 1.04 bits per heavy atom. The van der Waals surface area contributed by atoms with Gasteiger partial charge in [-0.25, -0.2) is 4.57 Å². The number of hydrogen-bond donors (Lipinski definition) is 0. The van der Waals surface area contributed by atoms with Crippen molar-refractivity contribution in [1.82, 2.24) is 0 Å². The van der Waals surface area contributed by atoms with E-state index in [-0.39, 0.29) is 6.42 Å². The van der Waals surface area contributed by atoms with Crippen LogP contribution in [0.4, 0.5) is 0 Å². The fraction of sp³-hybridized carbons (Fsp3) is 0.261. The lowest BCUT2D eigenvalue weighted by molar-refractivity contribution is -0.660. The van der Waals surface area contributed by atoms with Gasteiger partial charge in [-0.1, -0.05) is 56.2 Å². The summed E-state index contributed by atoms with van der Waals surface area (Å²) < 4.78 is 33.2. The van der Waals surface area contributed by atoms with Crippen LogP contribution in [0.5, 0.6) is 0 Å². The van der Waals surface area contributed by atoms with E-state index in [4.69, 9.17) is 5.48 Å². The van der Waals surface area contributed by atoms with E-state index >= 15 is 0 Å². The van der Waals surface area contributed by atoms with E-state index in [2.05, 4.69) is 35.8 Å². The first-order chi connectivity index (χ1) is 13.1. The molecule has 3 rings (SSSR count). The van der Waals surface area contributed by atoms with Crippen molar-refractivity contribution < 1.29 is 10.1 Å². The number of pyridine rings is 1. The molecule has 3 aromatic rings. The molecule has 1 nitrogen and oxygen atoms in total. The Balaban J connectivity index is 1.99. The Labute approximate surface area is 151 Å². The molecule has 1 atom stereocenters. The highest BCUT2D eigenvalue weighted by molar-refractivity contribution is 5.70. The van der Waals surface area contributed by atoms with Crippen LogP contribution in [0.2, 0.25) is 0 Å². The van der Waals surface area contributed by atoms with E-state index < -0.39 is 12.7 Å². The van der Waals surface area contributed by atoms with Gasteiger partial charge >= 0.3 is 0 Å². The van der Waals surface area contributed by atoms with Gasteiger partial charge in [0.2, 0.25) is 5.69 Å². The lowest BCUT2D eigenvalue weighted by atomic mass is 9.97. The van der Waals surface area contributed by atoms with E-state index in [1.807, 2.05) is 49.6 Å². The van der Waals surface area contributed by atoms with Crippen molar-refractivity contribution in [3.63, 3.8) is 0 Å². The molecule has 0 aliphatic carbocycles. The zero-order valence-corrected chi connectivity index (χ0v) is 14.5. The number of hydrogen-bond acceptors (Lipinski definition) is 0. The Kier molecular flexibility index (Phi) is 3.51. The van der Waals surface area contributed by atoms with Gasteiger partial charge in [-0.2, -0.15) is 0 Å². The molecule has 0 saturated carbocycles. The van der Waals surface area contributed by atoms with E-state index in [1.54, 1.807) is 0 Å². The first kappa shape index (κ1) is 12.0. The van der Waals surface area contributed by atoms with Crippen molar-refractivity contribution in [2.75, 3.05) is 0 Å². The number of nitrogens with zero attached hydrogens (tertiary/aromatic N) is 1. The number of benzene rings is 2. The van der Waals surface area contributed by atoms with Crippen LogP contribution in [0.25, 0.3) is 22.4 Å². The Morgan fingerprint density at radius 2 is 1.83 bits per heavy atom. The van der Waals surface area contributed by atoms with Gasteiger partial charge in [0, 0.05) is 23.2 Å². The van der Waals surface area contributed by atoms with Gasteiger partial charge in [0.15, 0.2) is 6.20 Å². The van der Waals surface area contributed by atoms with Gasteiger partial charge < -0.3 is 0 Å². The van der Waals surface area contributed by atoms with Gasteiger partial charge in [-0.3, -0.25) is 0 Å². The molecule has 0 spiro atoms. The second kappa shape index (κ2) is 7.00. The zero-order valence-electron chi connectivity index (χ0n) is 18.5. The minimum Gasteiger partial charge on any atom is -0.201 e. The van der Waals surface area contributed by atoms with Crippen LogP contribution in [-0.2, 0) is 13.5 Å². The zero-order chi connectivity index (χ0) is 20.5. The molecule has 0 N–H and O–H groups in total. The van der Waals surface area contributed by atoms with Crippen LogP contribution >= 0.6 is 0 Å². The molecule has 0 aliphatic rings. The van der Waals surface area contributed by atoms with E-state index in [9.17, 15) is 0 Å². The standard InChI is InChI=1S/C23H26N/c1-17(2)14-19-9-7-10-20(15-19)21-12-13-24(4)23(16-21)22-11-6-5-8-18(22)3/h5-13,15-17H,14H2,1-4H3/q+1/i1D3,17D. The van der Waals surface area contributed by atoms with Crippen LogP contribution in [0, 0.1) is 12.8 Å². The predicted molar refractivity (Wildman–Crippen MR) is 102 cm³/mol. The number of aryl methyl sites for hydroxylation is 2. The van der Waals surface area contributed by atoms with Crippen molar-refractivity contribution in [3.05, 3.63) is 78.0 Å². The minimum atomic E-state index is -2.32. The molecule has 0 amide bonds. The van der Waals surface area contributed by atoms with E-state index in [0.29, 0.717) is 0 Å². The molecule has 1 aromatic heterocycles. The third kappa shape index (κ3) is 3.56. The summed E-state index contributed by atoms with van der Waals surface area (Å²) in [6, 6.07) is 20.4. The van der Waals surface area contributed by atoms with Gasteiger partial charge in [0.25, 0.3) is 0 Å². The maximum absolute atomic E-state index is 8.22. The highest BCUT2D eigenvalue weighted by Gasteiger charge is 2.13. The van der Waals surface area contributed by atoms with Crippen LogP contribution in [0.3, 0.4) is 0 Å². The van der Waals surface area contributed by atoms with Crippen LogP contribution in [-0.4, -0.2) is 0 Å². The van der Waals surface area contributed by atoms with Gasteiger partial charge in [-0.05, 0) is 47.6 Å². The average Bonchev–Trinajstić information content (AvgIpc) is 2.62. The number of aromatic nitrogens is 1. The van der Waals surface area contributed by atoms with Crippen LogP contribution in [0.15, 0.2) is 66.9 Å². The Hall–Kier alpha value is -2.41. The van der Waals surface area contributed by atoms with Crippen molar-refractivity contribution in [3.8, 4) is 22.4 Å². The van der Waals surface area contributed by atoms with Crippen molar-refractivity contribution in [1.29, 1.82) is 0 Å². The predicted octanol–water partition coefficient (Wildman–Crippen LogP) is 5.35. The summed E-state index contributed by atoms with van der Waals surface area (Å²) in [5.41, 5.74) is 6.47. The smallest absolute Gasteiger partial charge is 0.201 e. The van der Waals surface area contributed by atoms with Gasteiger partial charge in [0.05, 0.1) is 0 Å². The second-order valence-corrected chi connectivity index (χ2v) is 6.38. The summed E-state index contributed by atoms with van der Waals surface area (Å²) in [7, 11) is 2.03. The lowest BCUT2D eigenvalue weighted by Crippen LogP contribution is -2.30. The Morgan fingerprint density at radius 3 is 2.62 bits per heavy atom. The fourth-order valence-corrected chi connectivity index (χ4v) is 3.04. The average molecular weight is 320 g/mol. The molecule has 1 heterocycles. The molecule has 0 fully saturated rings. The highest BCUT2D eigenvalue weighted by atomic mass is 14.9. The topological polar surface area (TPSA) is 3.88 Å². The molecule has 0 bridgehead atoms. The summed E-state index contributed by atoms with van der Waals surface area (Å²) in [5.74, 6) is -1.51. The molecule has 1 unspecified atom stereocenters. The quantitative estimate of drug-likeness (QED) is 0.570.